The molecular formula is C19H29F2N3O4S. The molecular weight excluding hydrogens is 404 g/mol. The first-order chi connectivity index (χ1) is 13.6. The third-order valence-corrected chi connectivity index (χ3v) is 7.32. The standard InChI is InChI=1S/C19H29F2N3O4S/c1-5-22-18(24-10-11-29(25,26)19(2,3)13-24)23-9-8-14-6-7-15(27-4)16(12-14)28-17(20)21/h6-7,12,17H,5,8-11,13H2,1-4H3,(H,22,23). The van der Waals surface area contributed by atoms with E-state index in [-0.39, 0.29) is 17.3 Å². The van der Waals surface area contributed by atoms with Crippen LogP contribution in [0.25, 0.3) is 0 Å². The molecule has 1 aliphatic heterocycles. The monoisotopic (exact) mass is 433 g/mol. The highest BCUT2D eigenvalue weighted by molar-refractivity contribution is 7.92. The van der Waals surface area contributed by atoms with Gasteiger partial charge in [0.25, 0.3) is 0 Å². The van der Waals surface area contributed by atoms with Crippen molar-refractivity contribution in [1.82, 2.24) is 10.2 Å². The number of aliphatic imine (C=N–C) groups is 1. The Morgan fingerprint density at radius 2 is 2.07 bits per heavy atom. The Hall–Kier alpha value is -2.10. The lowest BCUT2D eigenvalue weighted by molar-refractivity contribution is -0.0512. The van der Waals surface area contributed by atoms with Gasteiger partial charge in [0.05, 0.1) is 17.6 Å². The SMILES string of the molecule is CCNC(=NCCc1ccc(OC)c(OC(F)F)c1)N1CCS(=O)(=O)C(C)(C)C1. The van der Waals surface area contributed by atoms with Gasteiger partial charge in [-0.2, -0.15) is 8.78 Å². The van der Waals surface area contributed by atoms with Crippen molar-refractivity contribution in [3.63, 3.8) is 0 Å². The molecule has 0 spiro atoms. The number of nitrogens with zero attached hydrogens (tertiary/aromatic N) is 2. The van der Waals surface area contributed by atoms with Crippen molar-refractivity contribution < 1.29 is 26.7 Å². The van der Waals surface area contributed by atoms with Gasteiger partial charge >= 0.3 is 6.61 Å². The Morgan fingerprint density at radius 3 is 2.66 bits per heavy atom. The number of nitrogens with one attached hydrogen (secondary N) is 1. The highest BCUT2D eigenvalue weighted by Crippen LogP contribution is 2.29. The number of methoxy groups -OCH3 is 1. The summed E-state index contributed by atoms with van der Waals surface area (Å²) in [7, 11) is -1.75. The zero-order valence-electron chi connectivity index (χ0n) is 17.2. The topological polar surface area (TPSA) is 80.2 Å². The summed E-state index contributed by atoms with van der Waals surface area (Å²) >= 11 is 0. The quantitative estimate of drug-likeness (QED) is 0.525. The molecule has 0 unspecified atom stereocenters. The molecule has 0 saturated carbocycles. The molecule has 1 aliphatic rings. The highest BCUT2D eigenvalue weighted by atomic mass is 32.2. The van der Waals surface area contributed by atoms with E-state index < -0.39 is 21.2 Å². The maximum Gasteiger partial charge on any atom is 0.387 e. The molecule has 29 heavy (non-hydrogen) atoms. The zero-order chi connectivity index (χ0) is 21.7. The molecule has 2 rings (SSSR count). The van der Waals surface area contributed by atoms with Crippen LogP contribution in [-0.4, -0.2) is 69.7 Å². The molecule has 1 aromatic rings. The second kappa shape index (κ2) is 9.60. The third-order valence-electron chi connectivity index (χ3n) is 4.78. The molecule has 1 N–H and O–H groups in total. The summed E-state index contributed by atoms with van der Waals surface area (Å²) in [5.41, 5.74) is 0.780. The molecule has 7 nitrogen and oxygen atoms in total. The van der Waals surface area contributed by atoms with Crippen LogP contribution in [0.5, 0.6) is 11.5 Å². The number of benzene rings is 1. The van der Waals surface area contributed by atoms with Gasteiger partial charge in [0.2, 0.25) is 0 Å². The van der Waals surface area contributed by atoms with Crippen molar-refractivity contribution in [2.24, 2.45) is 4.99 Å². The number of hydrogen-bond donors (Lipinski definition) is 1. The van der Waals surface area contributed by atoms with Crippen LogP contribution in [0.3, 0.4) is 0 Å². The van der Waals surface area contributed by atoms with Crippen molar-refractivity contribution in [2.75, 3.05) is 39.0 Å². The van der Waals surface area contributed by atoms with E-state index in [4.69, 9.17) is 4.74 Å². The van der Waals surface area contributed by atoms with Crippen LogP contribution in [0.2, 0.25) is 0 Å². The lowest BCUT2D eigenvalue weighted by Crippen LogP contribution is -2.57. The molecule has 0 amide bonds. The Balaban J connectivity index is 2.10. The first-order valence-electron chi connectivity index (χ1n) is 9.47. The molecule has 0 atom stereocenters. The van der Waals surface area contributed by atoms with Gasteiger partial charge in [-0.1, -0.05) is 6.07 Å². The fourth-order valence-electron chi connectivity index (χ4n) is 3.11. The summed E-state index contributed by atoms with van der Waals surface area (Å²) in [6.45, 7) is 4.25. The van der Waals surface area contributed by atoms with E-state index in [0.29, 0.717) is 38.6 Å². The molecule has 0 radical (unpaired) electrons. The van der Waals surface area contributed by atoms with Crippen molar-refractivity contribution in [3.8, 4) is 11.5 Å². The lowest BCUT2D eigenvalue weighted by atomic mass is 10.1. The second-order valence-corrected chi connectivity index (χ2v) is 10.1. The number of guanidine groups is 1. The first kappa shape index (κ1) is 23.2. The summed E-state index contributed by atoms with van der Waals surface area (Å²) in [6.07, 6.45) is 0.508. The second-order valence-electron chi connectivity index (χ2n) is 7.35. The average Bonchev–Trinajstić information content (AvgIpc) is 2.63. The minimum absolute atomic E-state index is 0.0149. The Bertz CT molecular complexity index is 829. The summed E-state index contributed by atoms with van der Waals surface area (Å²) in [6, 6.07) is 4.88. The maximum atomic E-state index is 12.6. The Labute approximate surface area is 171 Å². The van der Waals surface area contributed by atoms with Crippen molar-refractivity contribution in [1.29, 1.82) is 0 Å². The number of sulfone groups is 1. The predicted molar refractivity (Wildman–Crippen MR) is 109 cm³/mol. The van der Waals surface area contributed by atoms with Gasteiger partial charge < -0.3 is 19.7 Å². The van der Waals surface area contributed by atoms with Crippen LogP contribution in [0.15, 0.2) is 23.2 Å². The van der Waals surface area contributed by atoms with Crippen molar-refractivity contribution >= 4 is 15.8 Å². The van der Waals surface area contributed by atoms with E-state index in [2.05, 4.69) is 15.0 Å². The van der Waals surface area contributed by atoms with Crippen LogP contribution < -0.4 is 14.8 Å². The number of hydrogen-bond acceptors (Lipinski definition) is 5. The van der Waals surface area contributed by atoms with Crippen LogP contribution in [0.4, 0.5) is 8.78 Å². The van der Waals surface area contributed by atoms with E-state index >= 15 is 0 Å². The minimum Gasteiger partial charge on any atom is -0.493 e. The third kappa shape index (κ3) is 5.94. The van der Waals surface area contributed by atoms with E-state index in [1.165, 1.54) is 13.2 Å². The fraction of sp³-hybridized carbons (Fsp3) is 0.632. The zero-order valence-corrected chi connectivity index (χ0v) is 18.1. The van der Waals surface area contributed by atoms with Gasteiger partial charge in [-0.3, -0.25) is 4.99 Å². The van der Waals surface area contributed by atoms with E-state index in [1.807, 2.05) is 11.8 Å². The van der Waals surface area contributed by atoms with E-state index in [0.717, 1.165) is 5.56 Å². The predicted octanol–water partition coefficient (Wildman–Crippen LogP) is 2.31. The van der Waals surface area contributed by atoms with Gasteiger partial charge in [-0.25, -0.2) is 8.42 Å². The molecule has 10 heteroatoms. The molecule has 0 aromatic heterocycles. The van der Waals surface area contributed by atoms with Crippen LogP contribution in [-0.2, 0) is 16.3 Å². The molecule has 0 aliphatic carbocycles. The largest absolute Gasteiger partial charge is 0.493 e. The van der Waals surface area contributed by atoms with Crippen molar-refractivity contribution in [2.45, 2.75) is 38.6 Å². The highest BCUT2D eigenvalue weighted by Gasteiger charge is 2.40. The number of rotatable bonds is 7. The van der Waals surface area contributed by atoms with Gasteiger partial charge in [0.15, 0.2) is 27.3 Å². The van der Waals surface area contributed by atoms with Crippen LogP contribution in [0, 0.1) is 0 Å². The Morgan fingerprint density at radius 1 is 1.34 bits per heavy atom. The van der Waals surface area contributed by atoms with E-state index in [9.17, 15) is 17.2 Å². The summed E-state index contributed by atoms with van der Waals surface area (Å²) < 4.78 is 58.3. The number of halogens is 2. The van der Waals surface area contributed by atoms with Gasteiger partial charge in [0.1, 0.15) is 0 Å². The first-order valence-corrected chi connectivity index (χ1v) is 11.1. The maximum absolute atomic E-state index is 12.6. The summed E-state index contributed by atoms with van der Waals surface area (Å²) in [5.74, 6) is 0.951. The van der Waals surface area contributed by atoms with Crippen molar-refractivity contribution in [3.05, 3.63) is 23.8 Å². The molecule has 0 bridgehead atoms. The molecule has 1 aromatic carbocycles. The lowest BCUT2D eigenvalue weighted by Gasteiger charge is -2.39. The number of ether oxygens (including phenoxy) is 2. The number of alkyl halides is 2. The van der Waals surface area contributed by atoms with Gasteiger partial charge in [-0.05, 0) is 44.9 Å². The summed E-state index contributed by atoms with van der Waals surface area (Å²) in [4.78, 5) is 6.54. The van der Waals surface area contributed by atoms with E-state index in [1.54, 1.807) is 26.0 Å². The smallest absolute Gasteiger partial charge is 0.387 e. The van der Waals surface area contributed by atoms with Gasteiger partial charge in [-0.15, -0.1) is 0 Å². The minimum atomic E-state index is -3.14. The molecule has 1 fully saturated rings. The average molecular weight is 434 g/mol. The normalized spacial score (nSPS) is 18.6. The summed E-state index contributed by atoms with van der Waals surface area (Å²) in [5, 5.41) is 3.20. The molecule has 1 saturated heterocycles. The van der Waals surface area contributed by atoms with Crippen LogP contribution in [0.1, 0.15) is 26.3 Å². The molecule has 1 heterocycles. The fourth-order valence-corrected chi connectivity index (χ4v) is 4.47. The van der Waals surface area contributed by atoms with Crippen LogP contribution >= 0.6 is 0 Å². The molecule has 164 valence electrons. The van der Waals surface area contributed by atoms with Gasteiger partial charge in [0, 0.05) is 26.2 Å². The Kier molecular flexibility index (Phi) is 7.67.